The van der Waals surface area contributed by atoms with Gasteiger partial charge in [0.25, 0.3) is 0 Å². The van der Waals surface area contributed by atoms with Gasteiger partial charge in [0.05, 0.1) is 5.56 Å². The normalized spacial score (nSPS) is 16.2. The first-order valence-electron chi connectivity index (χ1n) is 8.88. The Kier molecular flexibility index (Phi) is 5.37. The van der Waals surface area contributed by atoms with Crippen LogP contribution in [-0.4, -0.2) is 11.6 Å². The van der Waals surface area contributed by atoms with Crippen LogP contribution in [0, 0.1) is 5.82 Å². The van der Waals surface area contributed by atoms with Crippen LogP contribution in [0.1, 0.15) is 55.8 Å². The van der Waals surface area contributed by atoms with Gasteiger partial charge in [0.15, 0.2) is 11.6 Å². The van der Waals surface area contributed by atoms with E-state index in [1.807, 2.05) is 6.07 Å². The molecule has 25 heavy (non-hydrogen) atoms. The fourth-order valence-electron chi connectivity index (χ4n) is 3.32. The number of ether oxygens (including phenoxy) is 2. The van der Waals surface area contributed by atoms with Gasteiger partial charge < -0.3 is 9.47 Å². The molecule has 0 aromatic heterocycles. The third kappa shape index (κ3) is 4.19. The van der Waals surface area contributed by atoms with Crippen molar-refractivity contribution in [1.29, 1.82) is 0 Å². The number of halogens is 1. The van der Waals surface area contributed by atoms with Crippen molar-refractivity contribution in [3.05, 3.63) is 59.9 Å². The first-order valence-corrected chi connectivity index (χ1v) is 8.88. The van der Waals surface area contributed by atoms with Crippen LogP contribution in [0.3, 0.4) is 0 Å². The molecule has 0 spiro atoms. The minimum atomic E-state index is -0.523. The van der Waals surface area contributed by atoms with Crippen molar-refractivity contribution < 1.29 is 18.7 Å². The van der Waals surface area contributed by atoms with Gasteiger partial charge in [-0.2, -0.15) is 0 Å². The quantitative estimate of drug-likeness (QED) is 0.529. The molecule has 3 nitrogen and oxygen atoms in total. The molecule has 1 saturated carbocycles. The summed E-state index contributed by atoms with van der Waals surface area (Å²) in [6.07, 6.45) is 6.03. The molecule has 0 saturated heterocycles. The van der Waals surface area contributed by atoms with Gasteiger partial charge >= 0.3 is 5.97 Å². The molecule has 132 valence electrons. The summed E-state index contributed by atoms with van der Waals surface area (Å²) in [5, 5.41) is 0. The standard InChI is InChI=1S/C21H23FO3/c1-2-21(13-7-4-8-14-21)25-19-15-16(11-12-18(19)22)20(23)24-17-9-5-3-6-10-17/h3,5-6,9-12,15H,2,4,7-8,13-14H2,1H3. The average Bonchev–Trinajstić information content (AvgIpc) is 2.65. The van der Waals surface area contributed by atoms with Gasteiger partial charge in [-0.15, -0.1) is 0 Å². The zero-order valence-electron chi connectivity index (χ0n) is 14.5. The van der Waals surface area contributed by atoms with E-state index < -0.39 is 11.8 Å². The Morgan fingerprint density at radius 1 is 1.08 bits per heavy atom. The molecule has 0 radical (unpaired) electrons. The Hall–Kier alpha value is -2.36. The second-order valence-electron chi connectivity index (χ2n) is 6.55. The first kappa shape index (κ1) is 17.5. The molecule has 1 fully saturated rings. The third-order valence-corrected chi connectivity index (χ3v) is 4.86. The van der Waals surface area contributed by atoms with Crippen LogP contribution in [0.2, 0.25) is 0 Å². The van der Waals surface area contributed by atoms with E-state index in [4.69, 9.17) is 9.47 Å². The Balaban J connectivity index is 1.79. The summed E-state index contributed by atoms with van der Waals surface area (Å²) in [5.41, 5.74) is -0.0524. The number of carbonyl (C=O) groups is 1. The fraction of sp³-hybridized carbons (Fsp3) is 0.381. The van der Waals surface area contributed by atoms with E-state index in [0.717, 1.165) is 32.1 Å². The van der Waals surface area contributed by atoms with Crippen LogP contribution in [0.25, 0.3) is 0 Å². The maximum absolute atomic E-state index is 14.2. The molecule has 3 rings (SSSR count). The second kappa shape index (κ2) is 7.68. The van der Waals surface area contributed by atoms with Crippen molar-refractivity contribution in [2.75, 3.05) is 0 Å². The Labute approximate surface area is 147 Å². The highest BCUT2D eigenvalue weighted by Gasteiger charge is 2.33. The van der Waals surface area contributed by atoms with Crippen LogP contribution in [0.5, 0.6) is 11.5 Å². The molecule has 0 amide bonds. The molecule has 0 unspecified atom stereocenters. The lowest BCUT2D eigenvalue weighted by molar-refractivity contribution is 0.0228. The van der Waals surface area contributed by atoms with Crippen molar-refractivity contribution in [2.24, 2.45) is 0 Å². The van der Waals surface area contributed by atoms with E-state index in [0.29, 0.717) is 5.75 Å². The molecule has 0 atom stereocenters. The van der Waals surface area contributed by atoms with E-state index in [1.54, 1.807) is 24.3 Å². The van der Waals surface area contributed by atoms with E-state index in [2.05, 4.69) is 6.92 Å². The van der Waals surface area contributed by atoms with Crippen LogP contribution in [0.4, 0.5) is 4.39 Å². The van der Waals surface area contributed by atoms with E-state index in [1.165, 1.54) is 24.6 Å². The molecule has 0 bridgehead atoms. The van der Waals surface area contributed by atoms with Crippen molar-refractivity contribution in [3.63, 3.8) is 0 Å². The van der Waals surface area contributed by atoms with E-state index in [9.17, 15) is 9.18 Å². The molecule has 4 heteroatoms. The lowest BCUT2D eigenvalue weighted by Gasteiger charge is -2.37. The number of hydrogen-bond donors (Lipinski definition) is 0. The number of benzene rings is 2. The molecular weight excluding hydrogens is 319 g/mol. The van der Waals surface area contributed by atoms with Crippen LogP contribution in [0.15, 0.2) is 48.5 Å². The fourth-order valence-corrected chi connectivity index (χ4v) is 3.32. The van der Waals surface area contributed by atoms with Crippen molar-refractivity contribution in [3.8, 4) is 11.5 Å². The lowest BCUT2D eigenvalue weighted by atomic mass is 9.82. The third-order valence-electron chi connectivity index (χ3n) is 4.86. The SMILES string of the molecule is CCC1(Oc2cc(C(=O)Oc3ccccc3)ccc2F)CCCCC1. The molecule has 0 N–H and O–H groups in total. The molecule has 1 aliphatic carbocycles. The summed E-state index contributed by atoms with van der Waals surface area (Å²) in [5.74, 6) is -0.386. The number of esters is 1. The molecule has 2 aromatic carbocycles. The number of para-hydroxylation sites is 1. The van der Waals surface area contributed by atoms with Crippen molar-refractivity contribution >= 4 is 5.97 Å². The van der Waals surface area contributed by atoms with Crippen LogP contribution >= 0.6 is 0 Å². The maximum atomic E-state index is 14.2. The molecule has 0 aliphatic heterocycles. The predicted octanol–water partition coefficient (Wildman–Crippen LogP) is 5.54. The van der Waals surface area contributed by atoms with Crippen molar-refractivity contribution in [2.45, 2.75) is 51.0 Å². The van der Waals surface area contributed by atoms with Gasteiger partial charge in [-0.25, -0.2) is 9.18 Å². The molecule has 1 aliphatic rings. The van der Waals surface area contributed by atoms with Gasteiger partial charge in [-0.05, 0) is 62.4 Å². The Morgan fingerprint density at radius 3 is 2.48 bits per heavy atom. The maximum Gasteiger partial charge on any atom is 0.343 e. The van der Waals surface area contributed by atoms with Gasteiger partial charge in [0.2, 0.25) is 0 Å². The number of carbonyl (C=O) groups excluding carboxylic acids is 1. The van der Waals surface area contributed by atoms with Gasteiger partial charge in [-0.1, -0.05) is 31.5 Å². The van der Waals surface area contributed by atoms with Crippen molar-refractivity contribution in [1.82, 2.24) is 0 Å². The van der Waals surface area contributed by atoms with E-state index in [-0.39, 0.29) is 16.9 Å². The number of hydrogen-bond acceptors (Lipinski definition) is 3. The summed E-state index contributed by atoms with van der Waals surface area (Å²) in [4.78, 5) is 12.3. The topological polar surface area (TPSA) is 35.5 Å². The number of rotatable bonds is 5. The Bertz CT molecular complexity index is 721. The summed E-state index contributed by atoms with van der Waals surface area (Å²) in [7, 11) is 0. The minimum Gasteiger partial charge on any atom is -0.484 e. The zero-order chi connectivity index (χ0) is 17.7. The molecular formula is C21H23FO3. The van der Waals surface area contributed by atoms with Crippen LogP contribution in [-0.2, 0) is 0 Å². The highest BCUT2D eigenvalue weighted by molar-refractivity contribution is 5.91. The highest BCUT2D eigenvalue weighted by Crippen LogP contribution is 2.36. The summed E-state index contributed by atoms with van der Waals surface area (Å²) in [6.45, 7) is 2.07. The average molecular weight is 342 g/mol. The summed E-state index contributed by atoms with van der Waals surface area (Å²) >= 11 is 0. The first-order chi connectivity index (χ1) is 12.1. The van der Waals surface area contributed by atoms with Gasteiger partial charge in [0, 0.05) is 0 Å². The lowest BCUT2D eigenvalue weighted by Crippen LogP contribution is -2.37. The predicted molar refractivity (Wildman–Crippen MR) is 94.5 cm³/mol. The largest absolute Gasteiger partial charge is 0.484 e. The second-order valence-corrected chi connectivity index (χ2v) is 6.55. The minimum absolute atomic E-state index is 0.131. The van der Waals surface area contributed by atoms with Crippen LogP contribution < -0.4 is 9.47 Å². The zero-order valence-corrected chi connectivity index (χ0v) is 14.5. The molecule has 0 heterocycles. The van der Waals surface area contributed by atoms with Gasteiger partial charge in [0.1, 0.15) is 11.4 Å². The van der Waals surface area contributed by atoms with E-state index >= 15 is 0 Å². The summed E-state index contributed by atoms with van der Waals surface area (Å²) < 4.78 is 25.6. The monoisotopic (exact) mass is 342 g/mol. The smallest absolute Gasteiger partial charge is 0.343 e. The summed E-state index contributed by atoms with van der Waals surface area (Å²) in [6, 6.07) is 13.0. The van der Waals surface area contributed by atoms with Gasteiger partial charge in [-0.3, -0.25) is 0 Å². The highest BCUT2D eigenvalue weighted by atomic mass is 19.1. The molecule has 2 aromatic rings. The Morgan fingerprint density at radius 2 is 1.80 bits per heavy atom.